The molecule has 0 radical (unpaired) electrons. The summed E-state index contributed by atoms with van der Waals surface area (Å²) in [6.07, 6.45) is 0. The zero-order chi connectivity index (χ0) is 20.6. The van der Waals surface area contributed by atoms with Gasteiger partial charge < -0.3 is 20.1 Å². The fourth-order valence-corrected chi connectivity index (χ4v) is 3.29. The molecule has 0 aromatic heterocycles. The summed E-state index contributed by atoms with van der Waals surface area (Å²) in [5.74, 6) is 0.921. The number of hydrogen-bond donors (Lipinski definition) is 2. The predicted molar refractivity (Wildman–Crippen MR) is 120 cm³/mol. The van der Waals surface area contributed by atoms with Crippen LogP contribution in [0.15, 0.2) is 71.2 Å². The van der Waals surface area contributed by atoms with Gasteiger partial charge in [-0.15, -0.1) is 0 Å². The van der Waals surface area contributed by atoms with Crippen molar-refractivity contribution in [1.29, 1.82) is 0 Å². The fourth-order valence-electron chi connectivity index (χ4n) is 2.62. The molecule has 0 aliphatic heterocycles. The third kappa shape index (κ3) is 6.14. The van der Waals surface area contributed by atoms with Crippen molar-refractivity contribution in [1.82, 2.24) is 0 Å². The van der Waals surface area contributed by atoms with Crippen LogP contribution < -0.4 is 20.1 Å². The lowest BCUT2D eigenvalue weighted by Crippen LogP contribution is -2.20. The Bertz CT molecular complexity index is 980. The van der Waals surface area contributed by atoms with Crippen LogP contribution in [0.2, 0.25) is 5.02 Å². The molecule has 0 aliphatic rings. The van der Waals surface area contributed by atoms with Gasteiger partial charge in [0.2, 0.25) is 0 Å². The number of benzene rings is 3. The number of hydrogen-bond acceptors (Lipinski definition) is 4. The van der Waals surface area contributed by atoms with Crippen molar-refractivity contribution in [3.8, 4) is 11.5 Å². The molecule has 2 N–H and O–H groups in total. The van der Waals surface area contributed by atoms with Gasteiger partial charge in [-0.25, -0.2) is 0 Å². The Morgan fingerprint density at radius 2 is 1.79 bits per heavy atom. The number of para-hydroxylation sites is 2. The Kier molecular flexibility index (Phi) is 7.38. The zero-order valence-corrected chi connectivity index (χ0v) is 18.1. The SMILES string of the molecule is COc1ccccc1NC(=O)COc1ccc(CNc2ccc(Cl)cc2)cc1Br. The lowest BCUT2D eigenvalue weighted by molar-refractivity contribution is -0.118. The van der Waals surface area contributed by atoms with E-state index in [-0.39, 0.29) is 12.5 Å². The van der Waals surface area contributed by atoms with E-state index in [4.69, 9.17) is 21.1 Å². The third-order valence-electron chi connectivity index (χ3n) is 4.08. The van der Waals surface area contributed by atoms with Crippen molar-refractivity contribution >= 4 is 44.8 Å². The molecule has 1 amide bonds. The summed E-state index contributed by atoms with van der Waals surface area (Å²) in [5, 5.41) is 6.81. The summed E-state index contributed by atoms with van der Waals surface area (Å²) in [4.78, 5) is 12.2. The minimum atomic E-state index is -0.269. The molecule has 0 saturated carbocycles. The van der Waals surface area contributed by atoms with Gasteiger partial charge in [0.1, 0.15) is 11.5 Å². The van der Waals surface area contributed by atoms with Crippen molar-refractivity contribution in [3.63, 3.8) is 0 Å². The Balaban J connectivity index is 1.53. The minimum absolute atomic E-state index is 0.112. The van der Waals surface area contributed by atoms with E-state index in [0.29, 0.717) is 28.8 Å². The molecule has 0 spiro atoms. The number of amides is 1. The number of carbonyl (C=O) groups excluding carboxylic acids is 1. The lowest BCUT2D eigenvalue weighted by atomic mass is 10.2. The number of ether oxygens (including phenoxy) is 2. The van der Waals surface area contributed by atoms with Gasteiger partial charge in [-0.1, -0.05) is 29.8 Å². The molecular weight excluding hydrogens is 456 g/mol. The zero-order valence-electron chi connectivity index (χ0n) is 15.7. The Labute approximate surface area is 183 Å². The van der Waals surface area contributed by atoms with Gasteiger partial charge in [0.15, 0.2) is 6.61 Å². The second kappa shape index (κ2) is 10.2. The number of halogens is 2. The third-order valence-corrected chi connectivity index (χ3v) is 4.95. The maximum Gasteiger partial charge on any atom is 0.262 e. The van der Waals surface area contributed by atoms with Crippen molar-refractivity contribution in [2.45, 2.75) is 6.54 Å². The molecule has 0 unspecified atom stereocenters. The minimum Gasteiger partial charge on any atom is -0.495 e. The van der Waals surface area contributed by atoms with Crippen LogP contribution in [0.5, 0.6) is 11.5 Å². The molecule has 150 valence electrons. The first kappa shape index (κ1) is 21.0. The summed E-state index contributed by atoms with van der Waals surface area (Å²) < 4.78 is 11.6. The van der Waals surface area contributed by atoms with E-state index in [9.17, 15) is 4.79 Å². The molecular formula is C22H20BrClN2O3. The quantitative estimate of drug-likeness (QED) is 0.436. The van der Waals surface area contributed by atoms with E-state index in [0.717, 1.165) is 15.7 Å². The summed E-state index contributed by atoms with van der Waals surface area (Å²) in [6, 6.07) is 20.5. The lowest BCUT2D eigenvalue weighted by Gasteiger charge is -2.12. The largest absolute Gasteiger partial charge is 0.495 e. The van der Waals surface area contributed by atoms with Gasteiger partial charge in [-0.05, 0) is 70.0 Å². The van der Waals surface area contributed by atoms with E-state index >= 15 is 0 Å². The predicted octanol–water partition coefficient (Wildman–Crippen LogP) is 5.74. The number of anilines is 2. The molecule has 3 rings (SSSR count). The van der Waals surface area contributed by atoms with Gasteiger partial charge >= 0.3 is 0 Å². The molecule has 0 bridgehead atoms. The van der Waals surface area contributed by atoms with Gasteiger partial charge in [0, 0.05) is 17.3 Å². The van der Waals surface area contributed by atoms with Crippen LogP contribution in [0.4, 0.5) is 11.4 Å². The van der Waals surface area contributed by atoms with Crippen LogP contribution in [0.3, 0.4) is 0 Å². The van der Waals surface area contributed by atoms with Crippen LogP contribution in [0, 0.1) is 0 Å². The molecule has 0 aliphatic carbocycles. The fraction of sp³-hybridized carbons (Fsp3) is 0.136. The van der Waals surface area contributed by atoms with Gasteiger partial charge in [0.05, 0.1) is 17.3 Å². The van der Waals surface area contributed by atoms with Crippen molar-refractivity contribution in [2.75, 3.05) is 24.4 Å². The normalized spacial score (nSPS) is 10.3. The Morgan fingerprint density at radius 3 is 2.52 bits per heavy atom. The van der Waals surface area contributed by atoms with E-state index < -0.39 is 0 Å². The summed E-state index contributed by atoms with van der Waals surface area (Å²) in [7, 11) is 1.56. The van der Waals surface area contributed by atoms with Crippen molar-refractivity contribution < 1.29 is 14.3 Å². The molecule has 3 aromatic rings. The molecule has 29 heavy (non-hydrogen) atoms. The maximum atomic E-state index is 12.2. The average Bonchev–Trinajstić information content (AvgIpc) is 2.73. The van der Waals surface area contributed by atoms with Gasteiger partial charge in [-0.3, -0.25) is 4.79 Å². The summed E-state index contributed by atoms with van der Waals surface area (Å²) in [5.41, 5.74) is 2.66. The number of rotatable bonds is 8. The highest BCUT2D eigenvalue weighted by molar-refractivity contribution is 9.10. The smallest absolute Gasteiger partial charge is 0.262 e. The highest BCUT2D eigenvalue weighted by Gasteiger charge is 2.09. The second-order valence-corrected chi connectivity index (χ2v) is 7.45. The Hall–Kier alpha value is -2.70. The highest BCUT2D eigenvalue weighted by atomic mass is 79.9. The first-order valence-corrected chi connectivity index (χ1v) is 10.1. The van der Waals surface area contributed by atoms with Crippen LogP contribution in [0.1, 0.15) is 5.56 Å². The topological polar surface area (TPSA) is 59.6 Å². The summed E-state index contributed by atoms with van der Waals surface area (Å²) in [6.45, 7) is 0.536. The van der Waals surface area contributed by atoms with E-state index in [1.807, 2.05) is 54.6 Å². The molecule has 3 aromatic carbocycles. The van der Waals surface area contributed by atoms with E-state index in [2.05, 4.69) is 26.6 Å². The number of nitrogens with one attached hydrogen (secondary N) is 2. The van der Waals surface area contributed by atoms with Crippen LogP contribution in [0.25, 0.3) is 0 Å². The van der Waals surface area contributed by atoms with Crippen LogP contribution >= 0.6 is 27.5 Å². The van der Waals surface area contributed by atoms with Crippen LogP contribution in [-0.4, -0.2) is 19.6 Å². The first-order valence-electron chi connectivity index (χ1n) is 8.88. The Morgan fingerprint density at radius 1 is 1.03 bits per heavy atom. The average molecular weight is 476 g/mol. The van der Waals surface area contributed by atoms with Crippen molar-refractivity contribution in [2.24, 2.45) is 0 Å². The second-order valence-electron chi connectivity index (χ2n) is 6.16. The molecule has 7 heteroatoms. The molecule has 5 nitrogen and oxygen atoms in total. The van der Waals surface area contributed by atoms with Gasteiger partial charge in [0.25, 0.3) is 5.91 Å². The molecule has 0 fully saturated rings. The van der Waals surface area contributed by atoms with Crippen molar-refractivity contribution in [3.05, 3.63) is 81.8 Å². The van der Waals surface area contributed by atoms with E-state index in [1.54, 1.807) is 19.2 Å². The standard InChI is InChI=1S/C22H20BrClN2O3/c1-28-21-5-3-2-4-19(21)26-22(27)14-29-20-11-6-15(12-18(20)23)13-25-17-9-7-16(24)8-10-17/h2-12,25H,13-14H2,1H3,(H,26,27). The molecule has 0 atom stereocenters. The van der Waals surface area contributed by atoms with E-state index in [1.165, 1.54) is 0 Å². The number of methoxy groups -OCH3 is 1. The summed E-state index contributed by atoms with van der Waals surface area (Å²) >= 11 is 9.40. The first-order chi connectivity index (χ1) is 14.0. The maximum absolute atomic E-state index is 12.2. The molecule has 0 saturated heterocycles. The number of carbonyl (C=O) groups is 1. The van der Waals surface area contributed by atoms with Gasteiger partial charge in [-0.2, -0.15) is 0 Å². The highest BCUT2D eigenvalue weighted by Crippen LogP contribution is 2.27. The monoisotopic (exact) mass is 474 g/mol. The van der Waals surface area contributed by atoms with Crippen LogP contribution in [-0.2, 0) is 11.3 Å². The molecule has 0 heterocycles.